The van der Waals surface area contributed by atoms with Crippen molar-refractivity contribution in [3.63, 3.8) is 0 Å². The van der Waals surface area contributed by atoms with Gasteiger partial charge in [-0.1, -0.05) is 48.8 Å². The highest BCUT2D eigenvalue weighted by Crippen LogP contribution is 2.26. The summed E-state index contributed by atoms with van der Waals surface area (Å²) in [6.45, 7) is 6.24. The number of benzene rings is 2. The molecule has 172 valence electrons. The summed E-state index contributed by atoms with van der Waals surface area (Å²) in [6.07, 6.45) is -4.77. The molecule has 0 atom stereocenters. The lowest BCUT2D eigenvalue weighted by atomic mass is 10.1. The van der Waals surface area contributed by atoms with Crippen LogP contribution in [0.15, 0.2) is 70.0 Å². The second kappa shape index (κ2) is 10.1. The number of aryl methyl sites for hydroxylation is 1. The molecule has 10 heteroatoms. The van der Waals surface area contributed by atoms with Crippen molar-refractivity contribution in [1.29, 1.82) is 0 Å². The Kier molecular flexibility index (Phi) is 7.27. The van der Waals surface area contributed by atoms with E-state index >= 15 is 0 Å². The smallest absolute Gasteiger partial charge is 0.406 e. The van der Waals surface area contributed by atoms with Gasteiger partial charge in [-0.15, -0.1) is 13.2 Å². The molecule has 2 aromatic heterocycles. The predicted molar refractivity (Wildman–Crippen MR) is 116 cm³/mol. The number of nitrogens with zero attached hydrogens (tertiary/aromatic N) is 4. The molecule has 2 heterocycles. The van der Waals surface area contributed by atoms with Gasteiger partial charge < -0.3 is 9.26 Å². The van der Waals surface area contributed by atoms with Gasteiger partial charge in [0.25, 0.3) is 11.4 Å². The minimum absolute atomic E-state index is 0.0725. The van der Waals surface area contributed by atoms with Crippen molar-refractivity contribution >= 4 is 0 Å². The van der Waals surface area contributed by atoms with Gasteiger partial charge in [0.2, 0.25) is 5.82 Å². The molecule has 0 aliphatic rings. The lowest BCUT2D eigenvalue weighted by molar-refractivity contribution is -0.274. The average molecular weight is 458 g/mol. The van der Waals surface area contributed by atoms with Crippen molar-refractivity contribution in [3.8, 4) is 28.7 Å². The van der Waals surface area contributed by atoms with E-state index in [4.69, 9.17) is 4.52 Å². The molecular weight excluding hydrogens is 437 g/mol. The Balaban J connectivity index is 0.00000149. The van der Waals surface area contributed by atoms with Crippen molar-refractivity contribution in [2.45, 2.75) is 33.7 Å². The molecule has 2 aromatic carbocycles. The zero-order valence-corrected chi connectivity index (χ0v) is 18.1. The third kappa shape index (κ3) is 6.28. The van der Waals surface area contributed by atoms with Crippen LogP contribution < -0.4 is 10.3 Å². The first kappa shape index (κ1) is 23.7. The van der Waals surface area contributed by atoms with Crippen LogP contribution in [0, 0.1) is 6.92 Å². The zero-order valence-electron chi connectivity index (χ0n) is 18.1. The summed E-state index contributed by atoms with van der Waals surface area (Å²) in [7, 11) is 0. The van der Waals surface area contributed by atoms with Crippen molar-refractivity contribution in [2.75, 3.05) is 0 Å². The van der Waals surface area contributed by atoms with E-state index in [1.54, 1.807) is 0 Å². The van der Waals surface area contributed by atoms with Gasteiger partial charge in [0.1, 0.15) is 11.4 Å². The predicted octanol–water partition coefficient (Wildman–Crippen LogP) is 5.24. The van der Waals surface area contributed by atoms with E-state index in [1.165, 1.54) is 28.9 Å². The summed E-state index contributed by atoms with van der Waals surface area (Å²) in [5.74, 6) is -0.125. The topological polar surface area (TPSA) is 83.0 Å². The van der Waals surface area contributed by atoms with Crippen molar-refractivity contribution in [1.82, 2.24) is 19.9 Å². The fourth-order valence-corrected chi connectivity index (χ4v) is 2.79. The molecule has 0 saturated heterocycles. The molecule has 4 rings (SSSR count). The number of rotatable bonds is 5. The van der Waals surface area contributed by atoms with Gasteiger partial charge >= 0.3 is 6.36 Å². The monoisotopic (exact) mass is 458 g/mol. The first-order valence-electron chi connectivity index (χ1n) is 10.1. The molecule has 0 aliphatic carbocycles. The van der Waals surface area contributed by atoms with Gasteiger partial charge in [-0.3, -0.25) is 4.79 Å². The normalized spacial score (nSPS) is 11.0. The lowest BCUT2D eigenvalue weighted by Crippen LogP contribution is -2.22. The molecule has 33 heavy (non-hydrogen) atoms. The van der Waals surface area contributed by atoms with Crippen LogP contribution >= 0.6 is 0 Å². The molecule has 0 bridgehead atoms. The maximum absolute atomic E-state index is 12.3. The van der Waals surface area contributed by atoms with E-state index in [9.17, 15) is 18.0 Å². The Morgan fingerprint density at radius 2 is 1.64 bits per heavy atom. The molecule has 0 aliphatic heterocycles. The van der Waals surface area contributed by atoms with E-state index in [0.717, 1.165) is 23.3 Å². The Hall–Kier alpha value is -3.95. The molecule has 0 amide bonds. The van der Waals surface area contributed by atoms with Crippen molar-refractivity contribution in [3.05, 3.63) is 82.1 Å². The number of halogens is 3. The quantitative estimate of drug-likeness (QED) is 0.407. The number of ether oxygens (including phenoxy) is 1. The average Bonchev–Trinajstić information content (AvgIpc) is 3.28. The molecule has 4 aromatic rings. The molecule has 7 nitrogen and oxygen atoms in total. The second-order valence-corrected chi connectivity index (χ2v) is 6.70. The molecule has 0 unspecified atom stereocenters. The fourth-order valence-electron chi connectivity index (χ4n) is 2.79. The minimum atomic E-state index is -4.77. The van der Waals surface area contributed by atoms with Crippen LogP contribution in [0.2, 0.25) is 0 Å². The lowest BCUT2D eigenvalue weighted by Gasteiger charge is -2.08. The van der Waals surface area contributed by atoms with Crippen LogP contribution in [0.4, 0.5) is 13.2 Å². The van der Waals surface area contributed by atoms with Gasteiger partial charge in [-0.25, -0.2) is 4.68 Å². The highest BCUT2D eigenvalue weighted by atomic mass is 19.4. The SMILES string of the molecule is CC.Cc1ccc(Cn2nc(-c3nc(-c4ccc(OC(F)(F)F)cc4)no3)ccc2=O)cc1. The third-order valence-corrected chi connectivity index (χ3v) is 4.31. The van der Waals surface area contributed by atoms with Crippen molar-refractivity contribution in [2.24, 2.45) is 0 Å². The van der Waals surface area contributed by atoms with Crippen LogP contribution in [0.25, 0.3) is 23.0 Å². The summed E-state index contributed by atoms with van der Waals surface area (Å²) in [6, 6.07) is 15.6. The molecule has 0 spiro atoms. The highest BCUT2D eigenvalue weighted by molar-refractivity contribution is 5.58. The Labute approximate surface area is 187 Å². The maximum atomic E-state index is 12.3. The van der Waals surface area contributed by atoms with Gasteiger partial charge in [0.05, 0.1) is 6.54 Å². The number of hydrogen-bond donors (Lipinski definition) is 0. The maximum Gasteiger partial charge on any atom is 0.573 e. The fraction of sp³-hybridized carbons (Fsp3) is 0.217. The Morgan fingerprint density at radius 1 is 0.970 bits per heavy atom. The van der Waals surface area contributed by atoms with Gasteiger partial charge in [-0.2, -0.15) is 10.1 Å². The van der Waals surface area contributed by atoms with E-state index in [-0.39, 0.29) is 29.6 Å². The molecule has 0 saturated carbocycles. The molecule has 0 radical (unpaired) electrons. The summed E-state index contributed by atoms with van der Waals surface area (Å²) in [5, 5.41) is 8.12. The van der Waals surface area contributed by atoms with Crippen LogP contribution in [-0.2, 0) is 6.54 Å². The second-order valence-electron chi connectivity index (χ2n) is 6.70. The Morgan fingerprint density at radius 3 is 2.27 bits per heavy atom. The summed E-state index contributed by atoms with van der Waals surface area (Å²) in [4.78, 5) is 16.4. The zero-order chi connectivity index (χ0) is 24.0. The van der Waals surface area contributed by atoms with E-state index in [2.05, 4.69) is 20.0 Å². The van der Waals surface area contributed by atoms with Crippen molar-refractivity contribution < 1.29 is 22.4 Å². The molecule has 0 fully saturated rings. The number of aromatic nitrogens is 4. The van der Waals surface area contributed by atoms with Gasteiger partial charge in [0.15, 0.2) is 0 Å². The third-order valence-electron chi connectivity index (χ3n) is 4.31. The van der Waals surface area contributed by atoms with Gasteiger partial charge in [-0.05, 0) is 42.8 Å². The van der Waals surface area contributed by atoms with E-state index < -0.39 is 6.36 Å². The summed E-state index contributed by atoms with van der Waals surface area (Å²) < 4.78 is 47.2. The summed E-state index contributed by atoms with van der Waals surface area (Å²) in [5.41, 5.74) is 2.45. The van der Waals surface area contributed by atoms with Crippen LogP contribution in [0.1, 0.15) is 25.0 Å². The first-order valence-corrected chi connectivity index (χ1v) is 10.1. The molecular formula is C23H21F3N4O3. The largest absolute Gasteiger partial charge is 0.573 e. The van der Waals surface area contributed by atoms with Crippen LogP contribution in [0.5, 0.6) is 5.75 Å². The minimum Gasteiger partial charge on any atom is -0.406 e. The van der Waals surface area contributed by atoms with Gasteiger partial charge in [0, 0.05) is 11.6 Å². The number of alkyl halides is 3. The van der Waals surface area contributed by atoms with Crippen LogP contribution in [0.3, 0.4) is 0 Å². The number of hydrogen-bond acceptors (Lipinski definition) is 6. The van der Waals surface area contributed by atoms with E-state index in [0.29, 0.717) is 11.3 Å². The molecule has 0 N–H and O–H groups in total. The highest BCUT2D eigenvalue weighted by Gasteiger charge is 2.31. The standard InChI is InChI=1S/C21H15F3N4O3.C2H6/c1-13-2-4-14(5-3-13)12-28-18(29)11-10-17(26-28)20-25-19(27-31-20)15-6-8-16(9-7-15)30-21(22,23)24;1-2/h2-11H,12H2,1H3;1-2H3. The van der Waals surface area contributed by atoms with Crippen LogP contribution in [-0.4, -0.2) is 26.3 Å². The summed E-state index contributed by atoms with van der Waals surface area (Å²) >= 11 is 0. The first-order chi connectivity index (χ1) is 15.8. The van der Waals surface area contributed by atoms with E-state index in [1.807, 2.05) is 45.0 Å². The Bertz CT molecular complexity index is 1250.